The zero-order chi connectivity index (χ0) is 28.3. The summed E-state index contributed by atoms with van der Waals surface area (Å²) < 4.78 is 1.51. The fourth-order valence-electron chi connectivity index (χ4n) is 4.72. The summed E-state index contributed by atoms with van der Waals surface area (Å²) in [6.45, 7) is 22.2. The summed E-state index contributed by atoms with van der Waals surface area (Å²) in [5, 5.41) is 5.48. The smallest absolute Gasteiger partial charge is 1.00 e. The van der Waals surface area contributed by atoms with Crippen molar-refractivity contribution in [3.05, 3.63) is 107 Å². The van der Waals surface area contributed by atoms with Gasteiger partial charge in [0, 0.05) is 0 Å². The third-order valence-corrected chi connectivity index (χ3v) is 6.79. The molecule has 0 fully saturated rings. The van der Waals surface area contributed by atoms with Crippen LogP contribution in [0.4, 0.5) is 0 Å². The average molecular weight is 651 g/mol. The molecule has 0 bridgehead atoms. The molecule has 0 N–H and O–H groups in total. The molecule has 1 aliphatic rings. The Balaban J connectivity index is 0.000000362. The average Bonchev–Trinajstić information content (AvgIpc) is 3.36. The Kier molecular flexibility index (Phi) is 13.6. The molecule has 0 amide bonds. The minimum absolute atomic E-state index is 0. The van der Waals surface area contributed by atoms with Crippen LogP contribution >= 0.6 is 0 Å². The van der Waals surface area contributed by atoms with Gasteiger partial charge in [0.1, 0.15) is 0 Å². The first-order valence-electron chi connectivity index (χ1n) is 13.7. The first-order chi connectivity index (χ1) is 17.7. The van der Waals surface area contributed by atoms with Crippen LogP contribution in [0.3, 0.4) is 0 Å². The summed E-state index contributed by atoms with van der Waals surface area (Å²) in [7, 11) is 0. The second-order valence-corrected chi connectivity index (χ2v) is 15.2. The standard InChI is InChI=1S/C21H25.C13H13.C3H6.2ClH.Zr/c1-20(2,3)16-7-9-18-14(12-16)11-15-13-17(21(4,5)6)8-10-19(15)18;1-10-8-11(2)13(9-10)12-6-4-3-5-7-12;1-3-2;;;/h7-13H,1-6H3;3-7,9-10H,1-2H3;1-2H3;2*1H;/q2*-1;;;;+2/p-2. The van der Waals surface area contributed by atoms with Gasteiger partial charge in [-0.15, -0.1) is 45.3 Å². The summed E-state index contributed by atoms with van der Waals surface area (Å²) in [5.74, 6) is 0.468. The first kappa shape index (κ1) is 36.4. The summed E-state index contributed by atoms with van der Waals surface area (Å²) >= 11 is 1.55. The van der Waals surface area contributed by atoms with Gasteiger partial charge in [-0.25, -0.2) is 5.57 Å². The van der Waals surface area contributed by atoms with E-state index in [2.05, 4.69) is 148 Å². The van der Waals surface area contributed by atoms with Crippen LogP contribution in [-0.2, 0) is 35.1 Å². The van der Waals surface area contributed by atoms with Crippen LogP contribution in [0.25, 0.3) is 27.1 Å². The Morgan fingerprint density at radius 3 is 1.52 bits per heavy atom. The summed E-state index contributed by atoms with van der Waals surface area (Å²) in [6, 6.07) is 26.7. The number of hydrogen-bond acceptors (Lipinski definition) is 0. The van der Waals surface area contributed by atoms with E-state index in [1.54, 1.807) is 24.2 Å². The first-order valence-corrected chi connectivity index (χ1v) is 14.9. The van der Waals surface area contributed by atoms with Gasteiger partial charge in [-0.1, -0.05) is 127 Å². The van der Waals surface area contributed by atoms with Gasteiger partial charge >= 0.3 is 41.3 Å². The fraction of sp³-hybridized carbons (Fsp3) is 0.351. The van der Waals surface area contributed by atoms with Gasteiger partial charge in [0.15, 0.2) is 0 Å². The Hall–Kier alpha value is -1.66. The maximum atomic E-state index is 3.39. The third kappa shape index (κ3) is 9.72. The van der Waals surface area contributed by atoms with Crippen LogP contribution < -0.4 is 24.8 Å². The van der Waals surface area contributed by atoms with Gasteiger partial charge in [0.05, 0.1) is 0 Å². The van der Waals surface area contributed by atoms with E-state index >= 15 is 0 Å². The van der Waals surface area contributed by atoms with Gasteiger partial charge in [0.25, 0.3) is 0 Å². The molecule has 1 atom stereocenters. The Labute approximate surface area is 270 Å². The molecule has 0 spiro atoms. The molecule has 4 aromatic carbocycles. The van der Waals surface area contributed by atoms with E-state index in [9.17, 15) is 0 Å². The van der Waals surface area contributed by atoms with Crippen LogP contribution in [0.1, 0.15) is 85.9 Å². The van der Waals surface area contributed by atoms with E-state index in [0.29, 0.717) is 5.92 Å². The SMILES string of the molecule is CC(C)(C)c1ccc2c(c1)[cH-]c1cc(C(C)(C)C)ccc12.CC1=[C-]C(C)C=C1c1ccccc1.C[C](C)=[Zr+2].[Cl-].[Cl-]. The number of benzene rings is 3. The molecule has 0 saturated carbocycles. The Bertz CT molecular complexity index is 1400. The molecule has 0 radical (unpaired) electrons. The number of hydrogen-bond donors (Lipinski definition) is 0. The van der Waals surface area contributed by atoms with Gasteiger partial charge in [-0.05, 0) is 10.8 Å². The van der Waals surface area contributed by atoms with Crippen LogP contribution in [0.5, 0.6) is 0 Å². The molecule has 40 heavy (non-hydrogen) atoms. The molecular weight excluding hydrogens is 607 g/mol. The molecular formula is C37H44Cl2Zr-2. The minimum atomic E-state index is 0. The van der Waals surface area contributed by atoms with E-state index in [1.807, 2.05) is 6.07 Å². The number of fused-ring (bicyclic) bond motifs is 3. The van der Waals surface area contributed by atoms with E-state index in [0.717, 1.165) is 0 Å². The zero-order valence-electron chi connectivity index (χ0n) is 25.8. The van der Waals surface area contributed by atoms with Crippen molar-refractivity contribution in [2.45, 2.75) is 80.1 Å². The van der Waals surface area contributed by atoms with Crippen molar-refractivity contribution in [1.82, 2.24) is 0 Å². The molecule has 212 valence electrons. The summed E-state index contributed by atoms with van der Waals surface area (Å²) in [4.78, 5) is 0. The molecule has 0 aliphatic heterocycles. The number of rotatable bonds is 1. The van der Waals surface area contributed by atoms with Crippen molar-refractivity contribution >= 4 is 30.3 Å². The zero-order valence-corrected chi connectivity index (χ0v) is 29.8. The second-order valence-electron chi connectivity index (χ2n) is 12.8. The van der Waals surface area contributed by atoms with Gasteiger partial charge in [-0.3, -0.25) is 6.08 Å². The predicted molar refractivity (Wildman–Crippen MR) is 167 cm³/mol. The number of allylic oxidation sites excluding steroid dienone is 4. The van der Waals surface area contributed by atoms with Crippen molar-refractivity contribution in [1.29, 1.82) is 0 Å². The van der Waals surface area contributed by atoms with E-state index in [1.165, 1.54) is 52.6 Å². The largest absolute Gasteiger partial charge is 1.00 e. The van der Waals surface area contributed by atoms with Crippen LogP contribution in [-0.4, -0.2) is 3.21 Å². The normalized spacial score (nSPS) is 14.6. The Morgan fingerprint density at radius 1 is 0.750 bits per heavy atom. The van der Waals surface area contributed by atoms with E-state index in [4.69, 9.17) is 0 Å². The van der Waals surface area contributed by atoms with Crippen molar-refractivity contribution in [3.8, 4) is 0 Å². The van der Waals surface area contributed by atoms with Gasteiger partial charge < -0.3 is 24.8 Å². The van der Waals surface area contributed by atoms with Crippen molar-refractivity contribution < 1.29 is 49.0 Å². The second kappa shape index (κ2) is 15.0. The maximum absolute atomic E-state index is 3.39. The van der Waals surface area contributed by atoms with E-state index in [-0.39, 0.29) is 35.6 Å². The maximum Gasteiger partial charge on any atom is -1.00 e. The van der Waals surface area contributed by atoms with E-state index < -0.39 is 0 Å². The van der Waals surface area contributed by atoms with Crippen LogP contribution in [0.2, 0.25) is 0 Å². The van der Waals surface area contributed by atoms with Gasteiger partial charge in [0.2, 0.25) is 0 Å². The molecule has 0 heterocycles. The van der Waals surface area contributed by atoms with Gasteiger partial charge in [-0.2, -0.15) is 11.6 Å². The van der Waals surface area contributed by atoms with Crippen molar-refractivity contribution in [3.63, 3.8) is 0 Å². The third-order valence-electron chi connectivity index (χ3n) is 6.79. The predicted octanol–water partition coefficient (Wildman–Crippen LogP) is 4.53. The summed E-state index contributed by atoms with van der Waals surface area (Å²) in [6.07, 6.45) is 5.66. The summed E-state index contributed by atoms with van der Waals surface area (Å²) in [5.41, 5.74) is 7.13. The molecule has 0 aromatic heterocycles. The van der Waals surface area contributed by atoms with Crippen molar-refractivity contribution in [2.24, 2.45) is 5.92 Å². The van der Waals surface area contributed by atoms with Crippen LogP contribution in [0, 0.1) is 12.0 Å². The quantitative estimate of drug-likeness (QED) is 0.266. The molecule has 1 unspecified atom stereocenters. The minimum Gasteiger partial charge on any atom is -1.00 e. The van der Waals surface area contributed by atoms with Crippen molar-refractivity contribution in [2.75, 3.05) is 0 Å². The monoisotopic (exact) mass is 648 g/mol. The molecule has 0 saturated heterocycles. The topological polar surface area (TPSA) is 0 Å². The van der Waals surface area contributed by atoms with Crippen LogP contribution in [0.15, 0.2) is 84.4 Å². The molecule has 3 heteroatoms. The Morgan fingerprint density at radius 2 is 1.18 bits per heavy atom. The number of halogens is 2. The molecule has 0 nitrogen and oxygen atoms in total. The molecule has 4 aromatic rings. The fourth-order valence-corrected chi connectivity index (χ4v) is 4.72. The molecule has 5 rings (SSSR count). The molecule has 1 aliphatic carbocycles.